The average Bonchev–Trinajstić information content (AvgIpc) is 2.64. The third-order valence-electron chi connectivity index (χ3n) is 3.50. The zero-order valence-electron chi connectivity index (χ0n) is 14.2. The summed E-state index contributed by atoms with van der Waals surface area (Å²) in [6.07, 6.45) is 1.01. The normalized spacial score (nSPS) is 11.5. The van der Waals surface area contributed by atoms with Gasteiger partial charge in [0.2, 0.25) is 0 Å². The molecule has 2 rings (SSSR count). The van der Waals surface area contributed by atoms with Crippen LogP contribution in [0.4, 0.5) is 10.5 Å². The van der Waals surface area contributed by atoms with E-state index in [0.29, 0.717) is 28.8 Å². The lowest BCUT2D eigenvalue weighted by molar-refractivity contribution is 0.102. The van der Waals surface area contributed by atoms with Crippen molar-refractivity contribution in [1.82, 2.24) is 10.3 Å². The summed E-state index contributed by atoms with van der Waals surface area (Å²) >= 11 is 3.41. The van der Waals surface area contributed by atoms with Gasteiger partial charge in [-0.2, -0.15) is 0 Å². The van der Waals surface area contributed by atoms with E-state index in [1.165, 1.54) is 0 Å². The molecule has 1 heterocycles. The van der Waals surface area contributed by atoms with E-state index in [0.717, 1.165) is 5.56 Å². The Kier molecular flexibility index (Phi) is 7.55. The number of hydrogen-bond donors (Lipinski definition) is 3. The number of ether oxygens (including phenoxy) is 1. The molecule has 2 aromatic rings. The van der Waals surface area contributed by atoms with Crippen molar-refractivity contribution in [3.8, 4) is 0 Å². The Labute approximate surface area is 159 Å². The number of aromatic nitrogens is 1. The number of pyridine rings is 1. The van der Waals surface area contributed by atoms with Crippen molar-refractivity contribution in [3.05, 3.63) is 58.3 Å². The quantitative estimate of drug-likeness (QED) is 0.595. The molecule has 2 amide bonds. The van der Waals surface area contributed by atoms with E-state index in [4.69, 9.17) is 9.84 Å². The predicted molar refractivity (Wildman–Crippen MR) is 101 cm³/mol. The van der Waals surface area contributed by atoms with Crippen LogP contribution < -0.4 is 10.6 Å². The maximum atomic E-state index is 12.2. The minimum Gasteiger partial charge on any atom is -0.442 e. The van der Waals surface area contributed by atoms with Gasteiger partial charge < -0.3 is 20.5 Å². The molecule has 1 aromatic carbocycles. The minimum absolute atomic E-state index is 0.00840. The maximum Gasteiger partial charge on any atom is 0.407 e. The Balaban J connectivity index is 1.98. The van der Waals surface area contributed by atoms with Crippen LogP contribution in [0.15, 0.2) is 47.1 Å². The number of halogens is 1. The van der Waals surface area contributed by atoms with E-state index >= 15 is 0 Å². The zero-order chi connectivity index (χ0) is 18.9. The fourth-order valence-corrected chi connectivity index (χ4v) is 2.60. The summed E-state index contributed by atoms with van der Waals surface area (Å²) in [6, 6.07) is 10.4. The molecule has 0 spiro atoms. The summed E-state index contributed by atoms with van der Waals surface area (Å²) < 4.78 is 5.94. The van der Waals surface area contributed by atoms with Gasteiger partial charge in [-0.3, -0.25) is 9.78 Å². The van der Waals surface area contributed by atoms with Crippen molar-refractivity contribution < 1.29 is 19.4 Å². The number of anilines is 1. The van der Waals surface area contributed by atoms with Gasteiger partial charge in [-0.15, -0.1) is 0 Å². The first-order valence-electron chi connectivity index (χ1n) is 8.08. The lowest BCUT2D eigenvalue weighted by Crippen LogP contribution is -2.26. The molecule has 1 aromatic heterocycles. The molecule has 0 aliphatic rings. The van der Waals surface area contributed by atoms with Gasteiger partial charge in [-0.1, -0.05) is 12.1 Å². The number of aliphatic hydroxyl groups excluding tert-OH is 1. The standard InChI is InChI=1S/C18H20BrN3O4/c1-12(26-18(25)21-9-4-10-23)13-6-7-15(14(19)11-13)22-17(24)16-5-2-3-8-20-16/h2-3,5-8,11-12,23H,4,9-10H2,1H3,(H,21,25)(H,22,24). The number of alkyl carbamates (subject to hydrolysis) is 1. The molecular formula is C18H20BrN3O4. The first kappa shape index (κ1) is 19.9. The molecule has 0 bridgehead atoms. The van der Waals surface area contributed by atoms with Crippen molar-refractivity contribution in [2.45, 2.75) is 19.4 Å². The largest absolute Gasteiger partial charge is 0.442 e. The molecule has 138 valence electrons. The Morgan fingerprint density at radius 3 is 2.77 bits per heavy atom. The van der Waals surface area contributed by atoms with Gasteiger partial charge in [-0.25, -0.2) is 4.79 Å². The summed E-state index contributed by atoms with van der Waals surface area (Å²) in [6.45, 7) is 2.11. The minimum atomic E-state index is -0.547. The summed E-state index contributed by atoms with van der Waals surface area (Å²) in [7, 11) is 0. The number of carbonyl (C=O) groups excluding carboxylic acids is 2. The number of rotatable bonds is 7. The van der Waals surface area contributed by atoms with Crippen LogP contribution >= 0.6 is 15.9 Å². The fourth-order valence-electron chi connectivity index (χ4n) is 2.11. The summed E-state index contributed by atoms with van der Waals surface area (Å²) in [5.74, 6) is -0.313. The number of benzene rings is 1. The molecule has 0 saturated carbocycles. The number of aliphatic hydroxyl groups is 1. The maximum absolute atomic E-state index is 12.2. The molecule has 0 radical (unpaired) electrons. The van der Waals surface area contributed by atoms with Gasteiger partial charge in [0.1, 0.15) is 11.8 Å². The molecule has 7 nitrogen and oxygen atoms in total. The van der Waals surface area contributed by atoms with Crippen LogP contribution in [0.2, 0.25) is 0 Å². The topological polar surface area (TPSA) is 101 Å². The molecular weight excluding hydrogens is 402 g/mol. The van der Waals surface area contributed by atoms with Gasteiger partial charge in [0.15, 0.2) is 0 Å². The monoisotopic (exact) mass is 421 g/mol. The highest BCUT2D eigenvalue weighted by Crippen LogP contribution is 2.28. The van der Waals surface area contributed by atoms with E-state index in [1.807, 2.05) is 0 Å². The molecule has 26 heavy (non-hydrogen) atoms. The Bertz CT molecular complexity index is 755. The van der Waals surface area contributed by atoms with Crippen molar-refractivity contribution in [1.29, 1.82) is 0 Å². The number of hydrogen-bond acceptors (Lipinski definition) is 5. The lowest BCUT2D eigenvalue weighted by atomic mass is 10.1. The molecule has 1 unspecified atom stereocenters. The van der Waals surface area contributed by atoms with Crippen LogP contribution in [0.5, 0.6) is 0 Å². The second kappa shape index (κ2) is 9.88. The van der Waals surface area contributed by atoms with Crippen molar-refractivity contribution in [2.75, 3.05) is 18.5 Å². The Morgan fingerprint density at radius 2 is 2.12 bits per heavy atom. The van der Waals surface area contributed by atoms with Gasteiger partial charge in [-0.05, 0) is 59.1 Å². The van der Waals surface area contributed by atoms with Crippen molar-refractivity contribution in [3.63, 3.8) is 0 Å². The van der Waals surface area contributed by atoms with E-state index in [9.17, 15) is 9.59 Å². The number of nitrogens with zero attached hydrogens (tertiary/aromatic N) is 1. The molecule has 0 saturated heterocycles. The molecule has 1 atom stereocenters. The SMILES string of the molecule is CC(OC(=O)NCCCO)c1ccc(NC(=O)c2ccccn2)c(Br)c1. The highest BCUT2D eigenvalue weighted by Gasteiger charge is 2.14. The molecule has 8 heteroatoms. The molecule has 3 N–H and O–H groups in total. The van der Waals surface area contributed by atoms with E-state index < -0.39 is 12.2 Å². The predicted octanol–water partition coefficient (Wildman–Crippen LogP) is 3.27. The zero-order valence-corrected chi connectivity index (χ0v) is 15.8. The van der Waals surface area contributed by atoms with Gasteiger partial charge in [0.25, 0.3) is 5.91 Å². The van der Waals surface area contributed by atoms with Gasteiger partial charge in [0, 0.05) is 23.8 Å². The van der Waals surface area contributed by atoms with Crippen molar-refractivity contribution >= 4 is 33.6 Å². The van der Waals surface area contributed by atoms with Gasteiger partial charge in [0.05, 0.1) is 5.69 Å². The second-order valence-electron chi connectivity index (χ2n) is 5.46. The van der Waals surface area contributed by atoms with Crippen LogP contribution in [0.3, 0.4) is 0 Å². The van der Waals surface area contributed by atoms with E-state index in [1.54, 1.807) is 49.5 Å². The van der Waals surface area contributed by atoms with Crippen LogP contribution in [0.1, 0.15) is 35.5 Å². The third-order valence-corrected chi connectivity index (χ3v) is 4.15. The number of amides is 2. The Morgan fingerprint density at radius 1 is 1.31 bits per heavy atom. The van der Waals surface area contributed by atoms with Crippen LogP contribution in [-0.4, -0.2) is 35.2 Å². The summed E-state index contributed by atoms with van der Waals surface area (Å²) in [4.78, 5) is 27.8. The number of nitrogens with one attached hydrogen (secondary N) is 2. The third kappa shape index (κ3) is 5.82. The van der Waals surface area contributed by atoms with Crippen LogP contribution in [0.25, 0.3) is 0 Å². The fraction of sp³-hybridized carbons (Fsp3) is 0.278. The molecule has 0 aliphatic heterocycles. The van der Waals surface area contributed by atoms with Crippen LogP contribution in [0, 0.1) is 0 Å². The Hall–Kier alpha value is -2.45. The first-order valence-corrected chi connectivity index (χ1v) is 8.87. The lowest BCUT2D eigenvalue weighted by Gasteiger charge is -2.16. The van der Waals surface area contributed by atoms with Gasteiger partial charge >= 0.3 is 6.09 Å². The molecule has 0 aliphatic carbocycles. The highest BCUT2D eigenvalue weighted by molar-refractivity contribution is 9.10. The molecule has 0 fully saturated rings. The summed E-state index contributed by atoms with van der Waals surface area (Å²) in [5, 5.41) is 14.0. The summed E-state index contributed by atoms with van der Waals surface area (Å²) in [5.41, 5.74) is 1.67. The second-order valence-corrected chi connectivity index (χ2v) is 6.31. The van der Waals surface area contributed by atoms with Crippen molar-refractivity contribution in [2.24, 2.45) is 0 Å². The van der Waals surface area contributed by atoms with Crippen LogP contribution in [-0.2, 0) is 4.74 Å². The number of carbonyl (C=O) groups is 2. The smallest absolute Gasteiger partial charge is 0.407 e. The first-order chi connectivity index (χ1) is 12.5. The van der Waals surface area contributed by atoms with E-state index in [-0.39, 0.29) is 12.5 Å². The van der Waals surface area contributed by atoms with E-state index in [2.05, 4.69) is 31.5 Å². The highest BCUT2D eigenvalue weighted by atomic mass is 79.9. The average molecular weight is 422 g/mol.